The third-order valence-electron chi connectivity index (χ3n) is 9.01. The Kier molecular flexibility index (Phi) is 5.77. The van der Waals surface area contributed by atoms with Gasteiger partial charge in [0, 0.05) is 39.5 Å². The van der Waals surface area contributed by atoms with Crippen molar-refractivity contribution < 1.29 is 8.83 Å². The monoisotopic (exact) mass is 618 g/mol. The number of nitrogens with zero attached hydrogens (tertiary/aromatic N) is 4. The minimum Gasteiger partial charge on any atom is -0.436 e. The molecule has 0 N–H and O–H groups in total. The molecule has 7 aromatic carbocycles. The second kappa shape index (κ2) is 10.4. The number of benzene rings is 7. The Hall–Kier alpha value is -6.66. The van der Waals surface area contributed by atoms with Gasteiger partial charge in [-0.25, -0.2) is 4.98 Å². The highest BCUT2D eigenvalue weighted by Crippen LogP contribution is 2.38. The van der Waals surface area contributed by atoms with Gasteiger partial charge in [-0.2, -0.15) is 4.98 Å². The topological polar surface area (TPSA) is 60.2 Å². The Morgan fingerprint density at radius 3 is 1.90 bits per heavy atom. The summed E-state index contributed by atoms with van der Waals surface area (Å²) in [5.41, 5.74) is 8.94. The van der Waals surface area contributed by atoms with E-state index in [2.05, 4.69) is 100 Å². The summed E-state index contributed by atoms with van der Waals surface area (Å²) in [6.45, 7) is 0. The van der Waals surface area contributed by atoms with E-state index in [-0.39, 0.29) is 0 Å². The quantitative estimate of drug-likeness (QED) is 0.192. The van der Waals surface area contributed by atoms with E-state index < -0.39 is 0 Å². The van der Waals surface area contributed by atoms with E-state index in [1.165, 1.54) is 10.8 Å². The van der Waals surface area contributed by atoms with Crippen LogP contribution >= 0.6 is 0 Å². The van der Waals surface area contributed by atoms with Crippen LogP contribution in [0, 0.1) is 0 Å². The molecule has 0 saturated heterocycles. The Bertz CT molecular complexity index is 2760. The van der Waals surface area contributed by atoms with Gasteiger partial charge in [0.1, 0.15) is 11.0 Å². The summed E-state index contributed by atoms with van der Waals surface area (Å²) >= 11 is 0. The Labute approximate surface area is 274 Å². The van der Waals surface area contributed by atoms with Gasteiger partial charge < -0.3 is 13.7 Å². The van der Waals surface area contributed by atoms with Crippen LogP contribution in [-0.2, 0) is 0 Å². The second-order valence-electron chi connectivity index (χ2n) is 11.9. The summed E-state index contributed by atoms with van der Waals surface area (Å²) in [4.78, 5) is 12.0. The maximum absolute atomic E-state index is 6.50. The molecule has 6 heteroatoms. The molecule has 0 atom stereocenters. The second-order valence-corrected chi connectivity index (χ2v) is 11.9. The van der Waals surface area contributed by atoms with Gasteiger partial charge in [-0.15, -0.1) is 0 Å². The van der Waals surface area contributed by atoms with Crippen molar-refractivity contribution in [2.45, 2.75) is 0 Å². The zero-order valence-electron chi connectivity index (χ0n) is 25.6. The Morgan fingerprint density at radius 1 is 0.458 bits per heavy atom. The molecule has 0 aliphatic heterocycles. The van der Waals surface area contributed by atoms with E-state index in [1.807, 2.05) is 66.7 Å². The van der Waals surface area contributed by atoms with Crippen LogP contribution in [0.1, 0.15) is 0 Å². The van der Waals surface area contributed by atoms with Crippen LogP contribution in [0.2, 0.25) is 0 Å². The average Bonchev–Trinajstić information content (AvgIpc) is 3.84. The summed E-state index contributed by atoms with van der Waals surface area (Å²) in [7, 11) is 0. The molecule has 10 aromatic rings. The first-order valence-electron chi connectivity index (χ1n) is 15.9. The van der Waals surface area contributed by atoms with Crippen molar-refractivity contribution >= 4 is 71.8 Å². The fourth-order valence-electron chi connectivity index (χ4n) is 6.78. The van der Waals surface area contributed by atoms with Gasteiger partial charge in [-0.05, 0) is 83.6 Å². The number of aromatic nitrogens is 3. The van der Waals surface area contributed by atoms with Crippen LogP contribution in [0.4, 0.5) is 17.1 Å². The third-order valence-corrected chi connectivity index (χ3v) is 9.01. The summed E-state index contributed by atoms with van der Waals surface area (Å²) < 4.78 is 15.0. The highest BCUT2D eigenvalue weighted by atomic mass is 16.4. The lowest BCUT2D eigenvalue weighted by atomic mass is 10.1. The van der Waals surface area contributed by atoms with E-state index in [4.69, 9.17) is 18.8 Å². The number of hydrogen-bond acceptors (Lipinski definition) is 5. The fraction of sp³-hybridized carbons (Fsp3) is 0. The normalized spacial score (nSPS) is 11.8. The van der Waals surface area contributed by atoms with Gasteiger partial charge >= 0.3 is 6.01 Å². The van der Waals surface area contributed by atoms with Crippen molar-refractivity contribution in [3.05, 3.63) is 158 Å². The maximum Gasteiger partial charge on any atom is 0.307 e. The van der Waals surface area contributed by atoms with Crippen molar-refractivity contribution in [1.29, 1.82) is 0 Å². The van der Waals surface area contributed by atoms with Crippen molar-refractivity contribution in [1.82, 2.24) is 14.5 Å². The van der Waals surface area contributed by atoms with Crippen LogP contribution in [0.5, 0.6) is 0 Å². The number of oxazole rings is 2. The standard InChI is InChI=1S/C42H26N4O2/c1-3-13-30(14-4-1)45(31-15-5-2-6-16-31)32-20-22-35-40(26-32)47-41(43-35)29-19-21-36-39(25-29)48-42(44-36)46-37-18-10-9-17-33(37)34-23-27-11-7-8-12-28(27)24-38(34)46/h1-26H. The van der Waals surface area contributed by atoms with Crippen LogP contribution in [-0.4, -0.2) is 14.5 Å². The van der Waals surface area contributed by atoms with Crippen molar-refractivity contribution in [2.24, 2.45) is 0 Å². The smallest absolute Gasteiger partial charge is 0.307 e. The summed E-state index contributed by atoms with van der Waals surface area (Å²) in [6.07, 6.45) is 0. The zero-order chi connectivity index (χ0) is 31.6. The molecule has 48 heavy (non-hydrogen) atoms. The molecule has 0 bridgehead atoms. The first kappa shape index (κ1) is 26.5. The minimum atomic E-state index is 0.521. The maximum atomic E-state index is 6.50. The van der Waals surface area contributed by atoms with E-state index in [9.17, 15) is 0 Å². The molecule has 6 nitrogen and oxygen atoms in total. The lowest BCUT2D eigenvalue weighted by Gasteiger charge is -2.25. The highest BCUT2D eigenvalue weighted by Gasteiger charge is 2.19. The molecule has 0 fully saturated rings. The number of rotatable bonds is 5. The molecule has 0 aliphatic carbocycles. The molecule has 10 rings (SSSR count). The van der Waals surface area contributed by atoms with Gasteiger partial charge in [0.25, 0.3) is 0 Å². The van der Waals surface area contributed by atoms with E-state index in [0.717, 1.165) is 55.5 Å². The molecule has 226 valence electrons. The molecule has 0 aliphatic rings. The predicted octanol–water partition coefficient (Wildman–Crippen LogP) is 11.4. The minimum absolute atomic E-state index is 0.521. The van der Waals surface area contributed by atoms with Crippen LogP contribution in [0.15, 0.2) is 167 Å². The molecule has 0 spiro atoms. The first-order valence-corrected chi connectivity index (χ1v) is 15.9. The van der Waals surface area contributed by atoms with Crippen molar-refractivity contribution in [3.8, 4) is 17.5 Å². The highest BCUT2D eigenvalue weighted by molar-refractivity contribution is 6.13. The van der Waals surface area contributed by atoms with E-state index >= 15 is 0 Å². The SMILES string of the molecule is c1ccc(N(c2ccccc2)c2ccc3nc(-c4ccc5nc(-n6c7ccccc7c7cc8ccccc8cc76)oc5c4)oc3c2)cc1. The van der Waals surface area contributed by atoms with E-state index in [1.54, 1.807) is 0 Å². The van der Waals surface area contributed by atoms with Crippen LogP contribution in [0.25, 0.3) is 72.2 Å². The molecule has 0 saturated carbocycles. The van der Waals surface area contributed by atoms with Crippen LogP contribution < -0.4 is 4.90 Å². The Morgan fingerprint density at radius 2 is 1.10 bits per heavy atom. The molecular formula is C42H26N4O2. The lowest BCUT2D eigenvalue weighted by Crippen LogP contribution is -2.09. The lowest BCUT2D eigenvalue weighted by molar-refractivity contribution is 0.574. The molecule has 3 heterocycles. The molecule has 0 amide bonds. The summed E-state index contributed by atoms with van der Waals surface area (Å²) in [5.74, 6) is 0.524. The first-order chi connectivity index (χ1) is 23.8. The van der Waals surface area contributed by atoms with Gasteiger partial charge in [-0.3, -0.25) is 4.57 Å². The number of anilines is 3. The number of fused-ring (bicyclic) bond motifs is 6. The van der Waals surface area contributed by atoms with Gasteiger partial charge in [0.05, 0.1) is 11.0 Å². The molecule has 0 radical (unpaired) electrons. The molecule has 0 unspecified atom stereocenters. The predicted molar refractivity (Wildman–Crippen MR) is 194 cm³/mol. The van der Waals surface area contributed by atoms with Gasteiger partial charge in [0.2, 0.25) is 5.89 Å². The largest absolute Gasteiger partial charge is 0.436 e. The van der Waals surface area contributed by atoms with Crippen LogP contribution in [0.3, 0.4) is 0 Å². The number of para-hydroxylation sites is 3. The summed E-state index contributed by atoms with van der Waals surface area (Å²) in [5, 5.41) is 4.69. The molecule has 3 aromatic heterocycles. The zero-order valence-corrected chi connectivity index (χ0v) is 25.6. The van der Waals surface area contributed by atoms with Gasteiger partial charge in [-0.1, -0.05) is 78.9 Å². The molecular weight excluding hydrogens is 592 g/mol. The van der Waals surface area contributed by atoms with Crippen molar-refractivity contribution in [3.63, 3.8) is 0 Å². The third kappa shape index (κ3) is 4.20. The van der Waals surface area contributed by atoms with Gasteiger partial charge in [0.15, 0.2) is 11.2 Å². The van der Waals surface area contributed by atoms with E-state index in [0.29, 0.717) is 23.1 Å². The average molecular weight is 619 g/mol. The number of hydrogen-bond donors (Lipinski definition) is 0. The fourth-order valence-corrected chi connectivity index (χ4v) is 6.78. The summed E-state index contributed by atoms with van der Waals surface area (Å²) in [6, 6.07) is 54.5. The Balaban J connectivity index is 1.07. The van der Waals surface area contributed by atoms with Crippen molar-refractivity contribution in [2.75, 3.05) is 4.90 Å².